The fourth-order valence-electron chi connectivity index (χ4n) is 0.546. The Kier molecular flexibility index (Phi) is 5.11. The molecule has 0 bridgehead atoms. The first-order valence-corrected chi connectivity index (χ1v) is 3.55. The summed E-state index contributed by atoms with van der Waals surface area (Å²) in [5.41, 5.74) is 3.09. The maximum Gasteiger partial charge on any atom is 0.123 e. The molecule has 0 amide bonds. The summed E-state index contributed by atoms with van der Waals surface area (Å²) in [5.74, 6) is 4.77. The molecule has 0 fully saturated rings. The molecule has 11 heavy (non-hydrogen) atoms. The molecule has 0 aliphatic carbocycles. The number of nitrogens with two attached hydrogens (primary N) is 1. The van der Waals surface area contributed by atoms with Gasteiger partial charge in [0.15, 0.2) is 0 Å². The summed E-state index contributed by atoms with van der Waals surface area (Å²) in [7, 11) is 0. The summed E-state index contributed by atoms with van der Waals surface area (Å²) >= 11 is 0. The average molecular weight is 160 g/mol. The van der Waals surface area contributed by atoms with E-state index in [-0.39, 0.29) is 8.67 Å². The molecule has 0 aromatic heterocycles. The van der Waals surface area contributed by atoms with E-state index in [1.807, 2.05) is 13.8 Å². The molecular formula is C8H17FN2. The molecule has 0 radical (unpaired) electrons. The molecule has 3 N–H and O–H groups in total. The predicted octanol–water partition coefficient (Wildman–Crippen LogP) is 2.63. The largest absolute Gasteiger partial charge is 0.324 e. The van der Waals surface area contributed by atoms with Crippen LogP contribution >= 0.6 is 0 Å². The van der Waals surface area contributed by atoms with Crippen LogP contribution in [0.25, 0.3) is 0 Å². The minimum Gasteiger partial charge on any atom is -0.324 e. The predicted molar refractivity (Wildman–Crippen MR) is 49.8 cm³/mol. The van der Waals surface area contributed by atoms with Gasteiger partial charge in [0.2, 0.25) is 0 Å². The smallest absolute Gasteiger partial charge is 0.123 e. The van der Waals surface area contributed by atoms with E-state index in [4.69, 9.17) is 5.84 Å². The zero-order valence-electron chi connectivity index (χ0n) is 6.76. The van der Waals surface area contributed by atoms with Gasteiger partial charge in [-0.2, -0.15) is 0 Å². The first-order chi connectivity index (χ1) is 5.33. The van der Waals surface area contributed by atoms with Crippen LogP contribution in [0.4, 0.5) is 10.1 Å². The second-order valence-corrected chi connectivity index (χ2v) is 1.65. The Morgan fingerprint density at radius 2 is 1.73 bits per heavy atom. The number of benzene rings is 1. The van der Waals surface area contributed by atoms with Crippen molar-refractivity contribution in [2.45, 2.75) is 13.8 Å². The van der Waals surface area contributed by atoms with Gasteiger partial charge in [0, 0.05) is 8.54 Å². The normalized spacial score (nSPS) is 8.00. The summed E-state index contributed by atoms with van der Waals surface area (Å²) in [6.45, 7) is 4.00. The van der Waals surface area contributed by atoms with Gasteiger partial charge in [-0.15, -0.1) is 0 Å². The lowest BCUT2D eigenvalue weighted by atomic mass is 10.3. The van der Waals surface area contributed by atoms with Gasteiger partial charge < -0.3 is 5.43 Å². The van der Waals surface area contributed by atoms with E-state index in [2.05, 4.69) is 5.43 Å². The van der Waals surface area contributed by atoms with Crippen LogP contribution in [0.3, 0.4) is 0 Å². The third kappa shape index (κ3) is 3.57. The van der Waals surface area contributed by atoms with Crippen LogP contribution in [0.1, 0.15) is 16.7 Å². The van der Waals surface area contributed by atoms with Crippen molar-refractivity contribution < 1.29 is 7.24 Å². The number of anilines is 1. The number of nitrogens with one attached hydrogen (secondary N) is 1. The van der Waals surface area contributed by atoms with Crippen molar-refractivity contribution in [2.24, 2.45) is 5.84 Å². The molecule has 0 saturated heterocycles. The van der Waals surface area contributed by atoms with E-state index >= 15 is 0 Å². The highest BCUT2D eigenvalue weighted by Crippen LogP contribution is 2.05. The number of rotatable bonds is 1. The number of hydrogen-bond donors (Lipinski definition) is 2. The van der Waals surface area contributed by atoms with E-state index in [0.29, 0.717) is 5.69 Å². The summed E-state index contributed by atoms with van der Waals surface area (Å²) in [5, 5.41) is 0. The monoisotopic (exact) mass is 160 g/mol. The summed E-state index contributed by atoms with van der Waals surface area (Å²) in [6, 6.07) is 5.81. The van der Waals surface area contributed by atoms with Crippen LogP contribution < -0.4 is 11.3 Å². The molecule has 66 valence electrons. The van der Waals surface area contributed by atoms with Gasteiger partial charge in [0.1, 0.15) is 5.82 Å². The lowest BCUT2D eigenvalue weighted by molar-refractivity contribution is 0.628. The lowest BCUT2D eigenvalue weighted by Gasteiger charge is -1.95. The molecule has 0 heterocycles. The lowest BCUT2D eigenvalue weighted by Crippen LogP contribution is -2.05. The van der Waals surface area contributed by atoms with Gasteiger partial charge in [0.05, 0.1) is 0 Å². The van der Waals surface area contributed by atoms with Gasteiger partial charge in [-0.25, -0.2) is 4.39 Å². The second kappa shape index (κ2) is 5.68. The van der Waals surface area contributed by atoms with Gasteiger partial charge in [-0.3, -0.25) is 5.84 Å². The van der Waals surface area contributed by atoms with Crippen LogP contribution in [0.2, 0.25) is 0 Å². The topological polar surface area (TPSA) is 38.0 Å². The van der Waals surface area contributed by atoms with Gasteiger partial charge in [0.25, 0.3) is 0 Å². The van der Waals surface area contributed by atoms with Gasteiger partial charge in [-0.05, 0) is 24.3 Å². The van der Waals surface area contributed by atoms with Crippen LogP contribution in [0.5, 0.6) is 0 Å². The second-order valence-electron chi connectivity index (χ2n) is 1.65. The molecule has 0 atom stereocenters. The molecule has 0 aliphatic rings. The van der Waals surface area contributed by atoms with Crippen molar-refractivity contribution in [1.29, 1.82) is 0 Å². The fraction of sp³-hybridized carbons (Fsp3) is 0.250. The van der Waals surface area contributed by atoms with Crippen molar-refractivity contribution in [3.8, 4) is 0 Å². The summed E-state index contributed by atoms with van der Waals surface area (Å²) in [6.07, 6.45) is 0. The maximum absolute atomic E-state index is 12.2. The number of nitrogen functional groups attached to an aromatic ring is 1. The van der Waals surface area contributed by atoms with Crippen LogP contribution in [0, 0.1) is 5.82 Å². The molecule has 3 heteroatoms. The standard InChI is InChI=1S/C6H7FN2.C2H6.2H2/c7-5-1-3-6(9-8)4-2-5;1-2;;/h1-4,9H,8H2;1-2H3;2*1H. The highest BCUT2D eigenvalue weighted by Gasteiger charge is 1.87. The van der Waals surface area contributed by atoms with Crippen molar-refractivity contribution in [3.63, 3.8) is 0 Å². The quantitative estimate of drug-likeness (QED) is 0.489. The zero-order chi connectivity index (χ0) is 8.69. The van der Waals surface area contributed by atoms with E-state index < -0.39 is 0 Å². The van der Waals surface area contributed by atoms with Crippen molar-refractivity contribution >= 4 is 5.69 Å². The highest BCUT2D eigenvalue weighted by molar-refractivity contribution is 5.41. The molecule has 1 aromatic carbocycles. The molecule has 1 aromatic rings. The minimum atomic E-state index is -0.256. The molecule has 0 unspecified atom stereocenters. The Morgan fingerprint density at radius 1 is 1.27 bits per heavy atom. The van der Waals surface area contributed by atoms with Crippen molar-refractivity contribution in [1.82, 2.24) is 0 Å². The Balaban J connectivity index is -0.000000234. The SMILES string of the molecule is CC.NNc1ccc(F)cc1.[HH].[HH]. The Bertz CT molecular complexity index is 192. The van der Waals surface area contributed by atoms with E-state index in [1.54, 1.807) is 12.1 Å². The van der Waals surface area contributed by atoms with Gasteiger partial charge >= 0.3 is 0 Å². The van der Waals surface area contributed by atoms with Gasteiger partial charge in [-0.1, -0.05) is 13.8 Å². The summed E-state index contributed by atoms with van der Waals surface area (Å²) in [4.78, 5) is 0. The fourth-order valence-corrected chi connectivity index (χ4v) is 0.546. The third-order valence-corrected chi connectivity index (χ3v) is 1.01. The third-order valence-electron chi connectivity index (χ3n) is 1.01. The summed E-state index contributed by atoms with van der Waals surface area (Å²) < 4.78 is 12.2. The first kappa shape index (κ1) is 9.91. The Labute approximate surface area is 69.2 Å². The molecule has 0 saturated carbocycles. The maximum atomic E-state index is 12.2. The van der Waals surface area contributed by atoms with E-state index in [9.17, 15) is 4.39 Å². The Hall–Kier alpha value is -1.09. The van der Waals surface area contributed by atoms with Crippen molar-refractivity contribution in [3.05, 3.63) is 30.1 Å². The molecule has 0 spiro atoms. The van der Waals surface area contributed by atoms with Crippen molar-refractivity contribution in [2.75, 3.05) is 5.43 Å². The molecular weight excluding hydrogens is 143 g/mol. The zero-order valence-corrected chi connectivity index (χ0v) is 6.76. The number of hydrazine groups is 1. The average Bonchev–Trinajstić information content (AvgIpc) is 2.10. The number of halogens is 1. The van der Waals surface area contributed by atoms with E-state index in [1.165, 1.54) is 12.1 Å². The Morgan fingerprint density at radius 3 is 2.09 bits per heavy atom. The molecule has 1 rings (SSSR count). The minimum absolute atomic E-state index is 0. The first-order valence-electron chi connectivity index (χ1n) is 3.55. The van der Waals surface area contributed by atoms with Crippen LogP contribution in [-0.2, 0) is 0 Å². The molecule has 2 nitrogen and oxygen atoms in total. The van der Waals surface area contributed by atoms with E-state index in [0.717, 1.165) is 0 Å². The van der Waals surface area contributed by atoms with Crippen LogP contribution in [-0.4, -0.2) is 0 Å². The number of hydrogen-bond acceptors (Lipinski definition) is 2. The van der Waals surface area contributed by atoms with Crippen LogP contribution in [0.15, 0.2) is 24.3 Å². The highest BCUT2D eigenvalue weighted by atomic mass is 19.1. The molecule has 0 aliphatic heterocycles.